The summed E-state index contributed by atoms with van der Waals surface area (Å²) < 4.78 is 11.2. The third-order valence-corrected chi connectivity index (χ3v) is 3.75. The van der Waals surface area contributed by atoms with Crippen LogP contribution in [0.1, 0.15) is 26.7 Å². The van der Waals surface area contributed by atoms with Crippen LogP contribution in [0.3, 0.4) is 0 Å². The third kappa shape index (κ3) is 3.16. The van der Waals surface area contributed by atoms with Gasteiger partial charge in [0, 0.05) is 22.8 Å². The van der Waals surface area contributed by atoms with Crippen molar-refractivity contribution in [1.29, 1.82) is 0 Å². The minimum Gasteiger partial charge on any atom is -0.277 e. The third-order valence-electron chi connectivity index (χ3n) is 2.79. The van der Waals surface area contributed by atoms with Crippen LogP contribution in [0, 0.1) is 5.92 Å². The molecule has 1 rings (SSSR count). The molecule has 3 atom stereocenters. The predicted molar refractivity (Wildman–Crippen MR) is 67.2 cm³/mol. The van der Waals surface area contributed by atoms with Crippen LogP contribution in [0.25, 0.3) is 0 Å². The summed E-state index contributed by atoms with van der Waals surface area (Å²) in [6, 6.07) is -1.19. The molecule has 0 radical (unpaired) electrons. The molecular weight excluding hydrogens is 256 g/mol. The fraction of sp³-hybridized carbons (Fsp3) is 0.727. The van der Waals surface area contributed by atoms with Crippen molar-refractivity contribution in [2.75, 3.05) is 12.0 Å². The normalized spacial score (nSPS) is 23.8. The van der Waals surface area contributed by atoms with Gasteiger partial charge in [-0.05, 0) is 13.3 Å². The first-order valence-electron chi connectivity index (χ1n) is 5.86. The average molecular weight is 274 g/mol. The number of hydrogen-bond donors (Lipinski definition) is 1. The Kier molecular flexibility index (Phi) is 5.01. The molecule has 1 N–H and O–H groups in total. The zero-order valence-corrected chi connectivity index (χ0v) is 11.6. The Bertz CT molecular complexity index is 397. The number of carbonyl (C=O) groups is 3. The van der Waals surface area contributed by atoms with Gasteiger partial charge >= 0.3 is 6.03 Å². The molecule has 1 fully saturated rings. The highest BCUT2D eigenvalue weighted by atomic mass is 32.2. The van der Waals surface area contributed by atoms with E-state index >= 15 is 0 Å². The van der Waals surface area contributed by atoms with E-state index in [9.17, 15) is 18.6 Å². The molecule has 0 aromatic heterocycles. The fourth-order valence-electron chi connectivity index (χ4n) is 2.01. The van der Waals surface area contributed by atoms with Gasteiger partial charge in [-0.25, -0.2) is 4.79 Å². The second-order valence-electron chi connectivity index (χ2n) is 4.43. The molecular formula is C11H18N2O4S. The Morgan fingerprint density at radius 2 is 2.00 bits per heavy atom. The summed E-state index contributed by atoms with van der Waals surface area (Å²) >= 11 is 0. The van der Waals surface area contributed by atoms with Gasteiger partial charge in [0.1, 0.15) is 5.92 Å². The number of carbonyl (C=O) groups excluding carboxylic acids is 3. The topological polar surface area (TPSA) is 83.6 Å². The summed E-state index contributed by atoms with van der Waals surface area (Å²) in [6.45, 7) is 3.52. The number of imide groups is 2. The number of rotatable bonds is 5. The van der Waals surface area contributed by atoms with Gasteiger partial charge < -0.3 is 0 Å². The van der Waals surface area contributed by atoms with Crippen molar-refractivity contribution < 1.29 is 18.6 Å². The Morgan fingerprint density at radius 3 is 2.50 bits per heavy atom. The lowest BCUT2D eigenvalue weighted by Crippen LogP contribution is -2.61. The Morgan fingerprint density at radius 1 is 1.39 bits per heavy atom. The van der Waals surface area contributed by atoms with Crippen molar-refractivity contribution in [2.24, 2.45) is 5.92 Å². The second kappa shape index (κ2) is 6.08. The molecule has 1 heterocycles. The quantitative estimate of drug-likeness (QED) is 0.728. The monoisotopic (exact) mass is 274 g/mol. The van der Waals surface area contributed by atoms with E-state index in [2.05, 4.69) is 5.32 Å². The summed E-state index contributed by atoms with van der Waals surface area (Å²) in [4.78, 5) is 36.3. The van der Waals surface area contributed by atoms with Gasteiger partial charge in [-0.1, -0.05) is 13.3 Å². The number of amides is 4. The van der Waals surface area contributed by atoms with E-state index in [1.807, 2.05) is 6.92 Å². The van der Waals surface area contributed by atoms with Gasteiger partial charge in [-0.15, -0.1) is 0 Å². The second-order valence-corrected chi connectivity index (χ2v) is 5.91. The first-order valence-corrected chi connectivity index (χ1v) is 7.59. The Balaban J connectivity index is 2.89. The van der Waals surface area contributed by atoms with Crippen molar-refractivity contribution in [2.45, 2.75) is 32.7 Å². The predicted octanol–water partition coefficient (Wildman–Crippen LogP) is 0.248. The van der Waals surface area contributed by atoms with Gasteiger partial charge in [0.15, 0.2) is 0 Å². The highest BCUT2D eigenvalue weighted by Gasteiger charge is 2.41. The number of nitrogens with zero attached hydrogens (tertiary/aromatic N) is 1. The zero-order chi connectivity index (χ0) is 13.9. The van der Waals surface area contributed by atoms with Crippen molar-refractivity contribution >= 4 is 28.6 Å². The van der Waals surface area contributed by atoms with E-state index in [1.165, 1.54) is 6.26 Å². The molecule has 6 nitrogen and oxygen atoms in total. The highest BCUT2D eigenvalue weighted by Crippen LogP contribution is 2.18. The zero-order valence-electron chi connectivity index (χ0n) is 10.8. The van der Waals surface area contributed by atoms with E-state index in [0.29, 0.717) is 12.8 Å². The highest BCUT2D eigenvalue weighted by molar-refractivity contribution is 7.84. The van der Waals surface area contributed by atoms with E-state index in [4.69, 9.17) is 0 Å². The molecule has 0 aromatic rings. The van der Waals surface area contributed by atoms with Gasteiger partial charge in [-0.2, -0.15) is 0 Å². The summed E-state index contributed by atoms with van der Waals surface area (Å²) in [5.41, 5.74) is 0. The summed E-state index contributed by atoms with van der Waals surface area (Å²) in [5.74, 6) is -1.61. The van der Waals surface area contributed by atoms with Crippen LogP contribution < -0.4 is 5.32 Å². The maximum absolute atomic E-state index is 12.1. The van der Waals surface area contributed by atoms with Crippen LogP contribution in [0.2, 0.25) is 0 Å². The summed E-state index contributed by atoms with van der Waals surface area (Å²) in [5, 5.41) is 2.18. The minimum atomic E-state index is -1.11. The van der Waals surface area contributed by atoms with Crippen molar-refractivity contribution in [3.05, 3.63) is 0 Å². The fourth-order valence-corrected chi connectivity index (χ4v) is 2.84. The molecule has 18 heavy (non-hydrogen) atoms. The van der Waals surface area contributed by atoms with Crippen LogP contribution in [0.15, 0.2) is 0 Å². The molecule has 0 spiro atoms. The molecule has 0 aromatic carbocycles. The van der Waals surface area contributed by atoms with E-state index in [1.54, 1.807) is 6.92 Å². The van der Waals surface area contributed by atoms with Crippen molar-refractivity contribution in [3.63, 3.8) is 0 Å². The van der Waals surface area contributed by atoms with Crippen LogP contribution in [0.5, 0.6) is 0 Å². The number of barbiturate groups is 1. The summed E-state index contributed by atoms with van der Waals surface area (Å²) in [6.07, 6.45) is 2.60. The SMILES string of the molecule is CCCC1C(=O)NC(=O)N(C(C)CS(C)=O)C1=O. The lowest BCUT2D eigenvalue weighted by Gasteiger charge is -2.33. The van der Waals surface area contributed by atoms with Crippen LogP contribution >= 0.6 is 0 Å². The summed E-state index contributed by atoms with van der Waals surface area (Å²) in [7, 11) is -1.11. The first kappa shape index (κ1) is 14.8. The lowest BCUT2D eigenvalue weighted by molar-refractivity contribution is -0.143. The van der Waals surface area contributed by atoms with E-state index in [0.717, 1.165) is 4.90 Å². The minimum absolute atomic E-state index is 0.214. The van der Waals surface area contributed by atoms with Crippen molar-refractivity contribution in [1.82, 2.24) is 10.2 Å². The Labute approximate surface area is 109 Å². The maximum Gasteiger partial charge on any atom is 0.331 e. The molecule has 102 valence electrons. The standard InChI is InChI=1S/C11H18N2O4S/c1-4-5-8-9(14)12-11(16)13(10(8)15)7(2)6-18(3)17/h7-8H,4-6H2,1-3H3,(H,12,14,16). The molecule has 1 saturated heterocycles. The van der Waals surface area contributed by atoms with Gasteiger partial charge in [0.05, 0.1) is 6.04 Å². The van der Waals surface area contributed by atoms with Crippen molar-refractivity contribution in [3.8, 4) is 0 Å². The molecule has 4 amide bonds. The number of hydrogen-bond acceptors (Lipinski definition) is 4. The molecule has 0 bridgehead atoms. The molecule has 1 aliphatic heterocycles. The molecule has 0 saturated carbocycles. The number of nitrogens with one attached hydrogen (secondary N) is 1. The largest absolute Gasteiger partial charge is 0.331 e. The lowest BCUT2D eigenvalue weighted by atomic mass is 9.98. The molecule has 3 unspecified atom stereocenters. The van der Waals surface area contributed by atoms with E-state index in [-0.39, 0.29) is 5.75 Å². The maximum atomic E-state index is 12.1. The first-order chi connectivity index (χ1) is 8.38. The average Bonchev–Trinajstić information content (AvgIpc) is 2.22. The van der Waals surface area contributed by atoms with Crippen LogP contribution in [0.4, 0.5) is 4.79 Å². The smallest absolute Gasteiger partial charge is 0.277 e. The van der Waals surface area contributed by atoms with Gasteiger partial charge in [-0.3, -0.25) is 24.0 Å². The molecule has 1 aliphatic rings. The van der Waals surface area contributed by atoms with Crippen LogP contribution in [-0.2, 0) is 20.4 Å². The van der Waals surface area contributed by atoms with E-state index < -0.39 is 40.6 Å². The molecule has 7 heteroatoms. The van der Waals surface area contributed by atoms with Gasteiger partial charge in [0.2, 0.25) is 11.8 Å². The van der Waals surface area contributed by atoms with Gasteiger partial charge in [0.25, 0.3) is 0 Å². The number of urea groups is 1. The molecule has 0 aliphatic carbocycles. The van der Waals surface area contributed by atoms with Crippen LogP contribution in [-0.4, -0.2) is 45.0 Å². The Hall–Kier alpha value is -1.24.